The van der Waals surface area contributed by atoms with Crippen molar-refractivity contribution in [2.45, 2.75) is 32.4 Å². The molecule has 1 aromatic carbocycles. The van der Waals surface area contributed by atoms with Crippen molar-refractivity contribution in [3.63, 3.8) is 0 Å². The average Bonchev–Trinajstić information content (AvgIpc) is 3.15. The molecule has 0 spiro atoms. The Morgan fingerprint density at radius 2 is 2.11 bits per heavy atom. The Morgan fingerprint density at radius 3 is 2.68 bits per heavy atom. The van der Waals surface area contributed by atoms with E-state index in [4.69, 9.17) is 16.1 Å². The summed E-state index contributed by atoms with van der Waals surface area (Å²) in [6, 6.07) is 8.37. The first-order valence-corrected chi connectivity index (χ1v) is 6.88. The molecule has 2 aromatic rings. The van der Waals surface area contributed by atoms with E-state index in [1.54, 1.807) is 0 Å². The second-order valence-corrected chi connectivity index (χ2v) is 5.42. The summed E-state index contributed by atoms with van der Waals surface area (Å²) in [5.74, 6) is 2.01. The van der Waals surface area contributed by atoms with Gasteiger partial charge in [0.2, 0.25) is 5.89 Å². The highest BCUT2D eigenvalue weighted by atomic mass is 35.5. The molecule has 1 aliphatic carbocycles. The second kappa shape index (κ2) is 5.31. The predicted molar refractivity (Wildman–Crippen MR) is 72.8 cm³/mol. The smallest absolute Gasteiger partial charge is 0.240 e. The molecule has 1 atom stereocenters. The number of halogens is 1. The maximum absolute atomic E-state index is 5.93. The minimum absolute atomic E-state index is 0.337. The summed E-state index contributed by atoms with van der Waals surface area (Å²) in [4.78, 5) is 4.21. The van der Waals surface area contributed by atoms with E-state index in [2.05, 4.69) is 27.6 Å². The third kappa shape index (κ3) is 3.14. The molecule has 0 aliphatic heterocycles. The highest BCUT2D eigenvalue weighted by Gasteiger charge is 2.32. The zero-order chi connectivity index (χ0) is 13.2. The second-order valence-electron chi connectivity index (χ2n) is 4.98. The summed E-state index contributed by atoms with van der Waals surface area (Å²) in [6.07, 6.45) is 2.53. The largest absolute Gasteiger partial charge is 0.338 e. The normalized spacial score (nSPS) is 16.5. The van der Waals surface area contributed by atoms with Crippen LogP contribution in [0, 0.1) is 12.8 Å². The Morgan fingerprint density at radius 1 is 1.37 bits per heavy atom. The number of benzene rings is 1. The van der Waals surface area contributed by atoms with Crippen LogP contribution in [0.4, 0.5) is 0 Å². The van der Waals surface area contributed by atoms with Gasteiger partial charge in [-0.15, -0.1) is 0 Å². The molecule has 100 valence electrons. The predicted octanol–water partition coefficient (Wildman–Crippen LogP) is 3.27. The van der Waals surface area contributed by atoms with Crippen molar-refractivity contribution < 1.29 is 4.52 Å². The molecule has 0 saturated heterocycles. The lowest BCUT2D eigenvalue weighted by molar-refractivity contribution is 0.349. The lowest BCUT2D eigenvalue weighted by atomic mass is 10.0. The molecule has 3 rings (SSSR count). The fraction of sp³-hybridized carbons (Fsp3) is 0.429. The summed E-state index contributed by atoms with van der Waals surface area (Å²) in [5.41, 5.74) is 1.27. The zero-order valence-electron chi connectivity index (χ0n) is 10.8. The lowest BCUT2D eigenvalue weighted by Gasteiger charge is -2.17. The molecule has 1 fully saturated rings. The minimum Gasteiger partial charge on any atom is -0.338 e. The van der Waals surface area contributed by atoms with Crippen LogP contribution in [0.5, 0.6) is 0 Å². The molecule has 19 heavy (non-hydrogen) atoms. The molecule has 4 nitrogen and oxygen atoms in total. The van der Waals surface area contributed by atoms with Gasteiger partial charge < -0.3 is 9.84 Å². The number of aryl methyl sites for hydroxylation is 1. The molecule has 0 amide bonds. The van der Waals surface area contributed by atoms with E-state index in [1.807, 2.05) is 19.1 Å². The van der Waals surface area contributed by atoms with Gasteiger partial charge in [0, 0.05) is 11.1 Å². The van der Waals surface area contributed by atoms with Gasteiger partial charge in [0.05, 0.1) is 6.54 Å². The number of nitrogens with zero attached hydrogens (tertiary/aromatic N) is 2. The Kier molecular flexibility index (Phi) is 3.53. The monoisotopic (exact) mass is 277 g/mol. The van der Waals surface area contributed by atoms with E-state index in [-0.39, 0.29) is 0 Å². The third-order valence-electron chi connectivity index (χ3n) is 3.37. The molecule has 1 aromatic heterocycles. The standard InChI is InChI=1S/C14H16ClN3O/c1-9-17-13(19-18-9)8-16-14(10-2-3-10)11-4-6-12(15)7-5-11/h4-7,10,14,16H,2-3,8H2,1H3. The zero-order valence-corrected chi connectivity index (χ0v) is 11.5. The first kappa shape index (κ1) is 12.6. The van der Waals surface area contributed by atoms with Crippen LogP contribution >= 0.6 is 11.6 Å². The van der Waals surface area contributed by atoms with E-state index >= 15 is 0 Å². The van der Waals surface area contributed by atoms with Crippen LogP contribution in [0.2, 0.25) is 5.02 Å². The molecule has 5 heteroatoms. The molecule has 0 radical (unpaired) electrons. The van der Waals surface area contributed by atoms with Crippen LogP contribution in [0.15, 0.2) is 28.8 Å². The van der Waals surface area contributed by atoms with Crippen molar-refractivity contribution in [2.75, 3.05) is 0 Å². The molecule has 1 saturated carbocycles. The van der Waals surface area contributed by atoms with Crippen molar-refractivity contribution in [3.8, 4) is 0 Å². The van der Waals surface area contributed by atoms with E-state index in [1.165, 1.54) is 18.4 Å². The van der Waals surface area contributed by atoms with E-state index in [0.717, 1.165) is 5.02 Å². The highest BCUT2D eigenvalue weighted by molar-refractivity contribution is 6.30. The van der Waals surface area contributed by atoms with Gasteiger partial charge >= 0.3 is 0 Å². The van der Waals surface area contributed by atoms with Crippen molar-refractivity contribution in [1.82, 2.24) is 15.5 Å². The number of hydrogen-bond donors (Lipinski definition) is 1. The lowest BCUT2D eigenvalue weighted by Crippen LogP contribution is -2.22. The van der Waals surface area contributed by atoms with Gasteiger partial charge in [-0.2, -0.15) is 4.98 Å². The summed E-state index contributed by atoms with van der Waals surface area (Å²) < 4.78 is 5.13. The van der Waals surface area contributed by atoms with E-state index in [9.17, 15) is 0 Å². The van der Waals surface area contributed by atoms with Crippen molar-refractivity contribution in [2.24, 2.45) is 5.92 Å². The molecule has 1 unspecified atom stereocenters. The summed E-state index contributed by atoms with van der Waals surface area (Å²) in [5, 5.41) is 8.07. The van der Waals surface area contributed by atoms with Crippen LogP contribution < -0.4 is 5.32 Å². The van der Waals surface area contributed by atoms with Crippen LogP contribution in [-0.4, -0.2) is 10.1 Å². The van der Waals surface area contributed by atoms with E-state index in [0.29, 0.717) is 30.2 Å². The quantitative estimate of drug-likeness (QED) is 0.911. The third-order valence-corrected chi connectivity index (χ3v) is 3.62. The van der Waals surface area contributed by atoms with Gasteiger partial charge in [-0.1, -0.05) is 28.9 Å². The van der Waals surface area contributed by atoms with Crippen LogP contribution in [-0.2, 0) is 6.54 Å². The van der Waals surface area contributed by atoms with Gasteiger partial charge in [0.1, 0.15) is 0 Å². The van der Waals surface area contributed by atoms with Crippen LogP contribution in [0.1, 0.15) is 36.2 Å². The number of nitrogens with one attached hydrogen (secondary N) is 1. The maximum atomic E-state index is 5.93. The highest BCUT2D eigenvalue weighted by Crippen LogP contribution is 2.41. The maximum Gasteiger partial charge on any atom is 0.240 e. The Balaban J connectivity index is 1.69. The molecule has 1 aliphatic rings. The van der Waals surface area contributed by atoms with Gasteiger partial charge in [0.15, 0.2) is 5.82 Å². The number of rotatable bonds is 5. The minimum atomic E-state index is 0.337. The Bertz CT molecular complexity index is 548. The van der Waals surface area contributed by atoms with Crippen LogP contribution in [0.25, 0.3) is 0 Å². The molecular formula is C14H16ClN3O. The molecule has 1 heterocycles. The van der Waals surface area contributed by atoms with Crippen molar-refractivity contribution in [3.05, 3.63) is 46.6 Å². The fourth-order valence-electron chi connectivity index (χ4n) is 2.27. The fourth-order valence-corrected chi connectivity index (χ4v) is 2.39. The number of aromatic nitrogens is 2. The SMILES string of the molecule is Cc1noc(CNC(c2ccc(Cl)cc2)C2CC2)n1. The first-order chi connectivity index (χ1) is 9.22. The van der Waals surface area contributed by atoms with E-state index < -0.39 is 0 Å². The summed E-state index contributed by atoms with van der Waals surface area (Å²) in [7, 11) is 0. The summed E-state index contributed by atoms with van der Waals surface area (Å²) >= 11 is 5.93. The van der Waals surface area contributed by atoms with Gasteiger partial charge in [-0.25, -0.2) is 0 Å². The molecule has 0 bridgehead atoms. The van der Waals surface area contributed by atoms with Gasteiger partial charge in [0.25, 0.3) is 0 Å². The average molecular weight is 278 g/mol. The molecular weight excluding hydrogens is 262 g/mol. The van der Waals surface area contributed by atoms with Gasteiger partial charge in [-0.3, -0.25) is 0 Å². The van der Waals surface area contributed by atoms with Crippen molar-refractivity contribution in [1.29, 1.82) is 0 Å². The topological polar surface area (TPSA) is 51.0 Å². The first-order valence-electron chi connectivity index (χ1n) is 6.50. The number of hydrogen-bond acceptors (Lipinski definition) is 4. The van der Waals surface area contributed by atoms with Crippen LogP contribution in [0.3, 0.4) is 0 Å². The Hall–Kier alpha value is -1.39. The van der Waals surface area contributed by atoms with Gasteiger partial charge in [-0.05, 0) is 43.4 Å². The van der Waals surface area contributed by atoms with Crippen molar-refractivity contribution >= 4 is 11.6 Å². The summed E-state index contributed by atoms with van der Waals surface area (Å²) in [6.45, 7) is 2.43. The Labute approximate surface area is 117 Å². The molecule has 1 N–H and O–H groups in total.